The van der Waals surface area contributed by atoms with Gasteiger partial charge in [0.25, 0.3) is 0 Å². The third-order valence-electron chi connectivity index (χ3n) is 3.85. The first-order valence-electron chi connectivity index (χ1n) is 6.94. The lowest BCUT2D eigenvalue weighted by Gasteiger charge is -2.07. The van der Waals surface area contributed by atoms with Crippen molar-refractivity contribution in [1.82, 2.24) is 9.97 Å². The first kappa shape index (κ1) is 12.5. The zero-order valence-electron chi connectivity index (χ0n) is 11.6. The number of hydrogen-bond acceptors (Lipinski definition) is 2. The molecule has 2 nitrogen and oxygen atoms in total. The van der Waals surface area contributed by atoms with Crippen LogP contribution >= 0.6 is 11.6 Å². The van der Waals surface area contributed by atoms with E-state index in [-0.39, 0.29) is 0 Å². The predicted molar refractivity (Wildman–Crippen MR) is 85.5 cm³/mol. The molecule has 0 radical (unpaired) electrons. The molecule has 0 atom stereocenters. The highest BCUT2D eigenvalue weighted by Gasteiger charge is 2.23. The van der Waals surface area contributed by atoms with Gasteiger partial charge in [-0.1, -0.05) is 59.6 Å². The van der Waals surface area contributed by atoms with Crippen molar-refractivity contribution in [3.05, 3.63) is 70.5 Å². The van der Waals surface area contributed by atoms with Gasteiger partial charge in [-0.05, 0) is 18.6 Å². The van der Waals surface area contributed by atoms with Crippen LogP contribution in [0.1, 0.15) is 16.8 Å². The molecule has 3 aromatic rings. The van der Waals surface area contributed by atoms with Crippen LogP contribution in [0.4, 0.5) is 0 Å². The number of halogens is 1. The maximum Gasteiger partial charge on any atom is 0.156 e. The van der Waals surface area contributed by atoms with Crippen LogP contribution in [0.2, 0.25) is 5.15 Å². The highest BCUT2D eigenvalue weighted by Crippen LogP contribution is 2.37. The molecule has 102 valence electrons. The van der Waals surface area contributed by atoms with Gasteiger partial charge in [0.1, 0.15) is 5.69 Å². The highest BCUT2D eigenvalue weighted by molar-refractivity contribution is 6.32. The van der Waals surface area contributed by atoms with Crippen molar-refractivity contribution in [3.63, 3.8) is 0 Å². The summed E-state index contributed by atoms with van der Waals surface area (Å²) >= 11 is 6.39. The normalized spacial score (nSPS) is 12.1. The van der Waals surface area contributed by atoms with Gasteiger partial charge in [-0.3, -0.25) is 0 Å². The van der Waals surface area contributed by atoms with Gasteiger partial charge in [0, 0.05) is 17.5 Å². The van der Waals surface area contributed by atoms with E-state index < -0.39 is 0 Å². The van der Waals surface area contributed by atoms with Crippen LogP contribution < -0.4 is 0 Å². The zero-order valence-corrected chi connectivity index (χ0v) is 12.4. The number of aryl methyl sites for hydroxylation is 1. The maximum absolute atomic E-state index is 6.39. The Bertz CT molecular complexity index is 856. The molecule has 0 unspecified atom stereocenters. The van der Waals surface area contributed by atoms with Crippen molar-refractivity contribution in [1.29, 1.82) is 0 Å². The minimum absolute atomic E-state index is 0.469. The molecular formula is C18H13ClN2. The average molecular weight is 293 g/mol. The summed E-state index contributed by atoms with van der Waals surface area (Å²) < 4.78 is 0. The Morgan fingerprint density at radius 1 is 0.952 bits per heavy atom. The van der Waals surface area contributed by atoms with Crippen LogP contribution in [0, 0.1) is 6.92 Å². The number of rotatable bonds is 1. The highest BCUT2D eigenvalue weighted by atomic mass is 35.5. The summed E-state index contributed by atoms with van der Waals surface area (Å²) in [7, 11) is 0. The zero-order chi connectivity index (χ0) is 14.4. The Morgan fingerprint density at radius 3 is 2.67 bits per heavy atom. The maximum atomic E-state index is 6.39. The standard InChI is InChI=1S/C18H13ClN2/c1-11-5-4-7-13(9-11)16-18(19)21-17-14-8-3-2-6-12(14)10-15(17)20-16/h2-9H,10H2,1H3. The second-order valence-corrected chi connectivity index (χ2v) is 5.72. The summed E-state index contributed by atoms with van der Waals surface area (Å²) in [5, 5.41) is 0.469. The lowest BCUT2D eigenvalue weighted by Crippen LogP contribution is -1.96. The van der Waals surface area contributed by atoms with Crippen LogP contribution in [0.3, 0.4) is 0 Å². The number of benzene rings is 2. The topological polar surface area (TPSA) is 25.8 Å². The Kier molecular flexibility index (Phi) is 2.79. The van der Waals surface area contributed by atoms with Gasteiger partial charge in [0.15, 0.2) is 5.15 Å². The molecule has 0 amide bonds. The van der Waals surface area contributed by atoms with Crippen LogP contribution in [0.15, 0.2) is 48.5 Å². The van der Waals surface area contributed by atoms with Gasteiger partial charge in [-0.2, -0.15) is 0 Å². The first-order valence-corrected chi connectivity index (χ1v) is 7.32. The van der Waals surface area contributed by atoms with Crippen molar-refractivity contribution in [2.24, 2.45) is 0 Å². The Balaban J connectivity index is 1.89. The minimum Gasteiger partial charge on any atom is -0.247 e. The molecule has 4 rings (SSSR count). The van der Waals surface area contributed by atoms with E-state index in [0.717, 1.165) is 34.6 Å². The van der Waals surface area contributed by atoms with E-state index in [4.69, 9.17) is 16.6 Å². The molecular weight excluding hydrogens is 280 g/mol. The third kappa shape index (κ3) is 2.03. The second kappa shape index (κ2) is 4.68. The van der Waals surface area contributed by atoms with Gasteiger partial charge < -0.3 is 0 Å². The predicted octanol–water partition coefficient (Wildman–Crippen LogP) is 4.68. The van der Waals surface area contributed by atoms with Crippen LogP contribution in [0.5, 0.6) is 0 Å². The summed E-state index contributed by atoms with van der Waals surface area (Å²) in [4.78, 5) is 9.39. The van der Waals surface area contributed by atoms with E-state index in [0.29, 0.717) is 5.15 Å². The largest absolute Gasteiger partial charge is 0.247 e. The average Bonchev–Trinajstić information content (AvgIpc) is 2.84. The molecule has 3 heteroatoms. The molecule has 2 aromatic carbocycles. The van der Waals surface area contributed by atoms with Crippen molar-refractivity contribution < 1.29 is 0 Å². The summed E-state index contributed by atoms with van der Waals surface area (Å²) in [5.74, 6) is 0. The number of nitrogens with zero attached hydrogens (tertiary/aromatic N) is 2. The fraction of sp³-hybridized carbons (Fsp3) is 0.111. The molecule has 1 heterocycles. The number of hydrogen-bond donors (Lipinski definition) is 0. The van der Waals surface area contributed by atoms with Crippen molar-refractivity contribution in [2.45, 2.75) is 13.3 Å². The molecule has 1 aromatic heterocycles. The van der Waals surface area contributed by atoms with E-state index in [1.54, 1.807) is 0 Å². The van der Waals surface area contributed by atoms with Gasteiger partial charge in [0.2, 0.25) is 0 Å². The molecule has 0 spiro atoms. The van der Waals surface area contributed by atoms with Crippen LogP contribution in [-0.2, 0) is 6.42 Å². The molecule has 0 fully saturated rings. The van der Waals surface area contributed by atoms with Crippen LogP contribution in [-0.4, -0.2) is 9.97 Å². The monoisotopic (exact) mass is 292 g/mol. The smallest absolute Gasteiger partial charge is 0.156 e. The SMILES string of the molecule is Cc1cccc(-c2nc3c(nc2Cl)-c2ccccc2C3)c1. The fourth-order valence-corrected chi connectivity index (χ4v) is 3.09. The van der Waals surface area contributed by atoms with E-state index in [2.05, 4.69) is 36.2 Å². The molecule has 21 heavy (non-hydrogen) atoms. The summed E-state index contributed by atoms with van der Waals surface area (Å²) in [5.41, 5.74) is 7.33. The molecule has 0 aliphatic heterocycles. The Labute approximate surface area is 128 Å². The van der Waals surface area contributed by atoms with Gasteiger partial charge in [-0.25, -0.2) is 9.97 Å². The fourth-order valence-electron chi connectivity index (χ4n) is 2.85. The first-order chi connectivity index (χ1) is 10.2. The van der Waals surface area contributed by atoms with E-state index in [1.165, 1.54) is 11.1 Å². The lowest BCUT2D eigenvalue weighted by molar-refractivity contribution is 1.09. The van der Waals surface area contributed by atoms with E-state index in [1.807, 2.05) is 24.3 Å². The van der Waals surface area contributed by atoms with Gasteiger partial charge >= 0.3 is 0 Å². The summed E-state index contributed by atoms with van der Waals surface area (Å²) in [6.45, 7) is 2.06. The summed E-state index contributed by atoms with van der Waals surface area (Å²) in [6, 6.07) is 16.5. The molecule has 0 bridgehead atoms. The molecule has 1 aliphatic rings. The van der Waals surface area contributed by atoms with Crippen LogP contribution in [0.25, 0.3) is 22.5 Å². The van der Waals surface area contributed by atoms with Crippen molar-refractivity contribution >= 4 is 11.6 Å². The minimum atomic E-state index is 0.469. The second-order valence-electron chi connectivity index (χ2n) is 5.36. The van der Waals surface area contributed by atoms with Gasteiger partial charge in [0.05, 0.1) is 11.4 Å². The Morgan fingerprint density at radius 2 is 1.81 bits per heavy atom. The quantitative estimate of drug-likeness (QED) is 0.509. The van der Waals surface area contributed by atoms with Crippen molar-refractivity contribution in [3.8, 4) is 22.5 Å². The van der Waals surface area contributed by atoms with Crippen molar-refractivity contribution in [2.75, 3.05) is 0 Å². The van der Waals surface area contributed by atoms with Gasteiger partial charge in [-0.15, -0.1) is 0 Å². The molecule has 1 aliphatic carbocycles. The Hall–Kier alpha value is -2.19. The number of aromatic nitrogens is 2. The van der Waals surface area contributed by atoms with E-state index in [9.17, 15) is 0 Å². The molecule has 0 saturated heterocycles. The number of fused-ring (bicyclic) bond motifs is 3. The molecule has 0 N–H and O–H groups in total. The molecule has 0 saturated carbocycles. The lowest BCUT2D eigenvalue weighted by atomic mass is 10.1. The third-order valence-corrected chi connectivity index (χ3v) is 4.11. The van der Waals surface area contributed by atoms with E-state index >= 15 is 0 Å². The summed E-state index contributed by atoms with van der Waals surface area (Å²) in [6.07, 6.45) is 0.828.